The molecule has 21 heavy (non-hydrogen) atoms. The van der Waals surface area contributed by atoms with Gasteiger partial charge in [0.2, 0.25) is 0 Å². The molecule has 0 fully saturated rings. The molecule has 2 rings (SSSR count). The summed E-state index contributed by atoms with van der Waals surface area (Å²) < 4.78 is 0. The Morgan fingerprint density at radius 2 is 1.52 bits per heavy atom. The molecular weight excluding hydrogens is 260 g/mol. The molecule has 0 amide bonds. The third-order valence-corrected chi connectivity index (χ3v) is 3.26. The minimum absolute atomic E-state index is 0.663. The van der Waals surface area contributed by atoms with Gasteiger partial charge in [0.1, 0.15) is 0 Å². The van der Waals surface area contributed by atoms with Gasteiger partial charge in [-0.1, -0.05) is 62.4 Å². The van der Waals surface area contributed by atoms with Crippen LogP contribution in [0.15, 0.2) is 54.6 Å². The minimum Gasteiger partial charge on any atom is -0.478 e. The zero-order chi connectivity index (χ0) is 15.2. The van der Waals surface area contributed by atoms with E-state index >= 15 is 0 Å². The van der Waals surface area contributed by atoms with Crippen LogP contribution in [0.4, 0.5) is 0 Å². The van der Waals surface area contributed by atoms with Crippen molar-refractivity contribution in [3.8, 4) is 11.1 Å². The highest BCUT2D eigenvalue weighted by Gasteiger charge is 2.00. The lowest BCUT2D eigenvalue weighted by molar-refractivity contribution is -0.131. The molecule has 2 aromatic carbocycles. The monoisotopic (exact) mass is 280 g/mol. The molecule has 2 nitrogen and oxygen atoms in total. The van der Waals surface area contributed by atoms with Crippen LogP contribution in [0.2, 0.25) is 0 Å². The molecule has 1 N–H and O–H groups in total. The van der Waals surface area contributed by atoms with Crippen LogP contribution in [-0.2, 0) is 11.2 Å². The summed E-state index contributed by atoms with van der Waals surface area (Å²) in [6.07, 6.45) is 3.84. The number of aliphatic carboxylic acids is 1. The Balaban J connectivity index is 2.13. The number of benzene rings is 2. The van der Waals surface area contributed by atoms with E-state index in [9.17, 15) is 4.79 Å². The number of hydrogen-bond acceptors (Lipinski definition) is 1. The lowest BCUT2D eigenvalue weighted by Gasteiger charge is -2.07. The maximum atomic E-state index is 10.5. The molecular formula is C19H20O2. The Morgan fingerprint density at radius 1 is 1.00 bits per heavy atom. The smallest absolute Gasteiger partial charge is 0.328 e. The lowest BCUT2D eigenvalue weighted by atomic mass is 9.98. The number of hydrogen-bond donors (Lipinski definition) is 1. The standard InChI is InChI=1S/C19H20O2/c1-14(2)13-16-5-10-18(11-6-16)17-8-3-15(4-9-17)7-12-19(20)21/h3-12,14H,13H2,1-2H3,(H,20,21)/b12-7+. The van der Waals surface area contributed by atoms with Crippen LogP contribution in [0.1, 0.15) is 25.0 Å². The molecule has 0 atom stereocenters. The summed E-state index contributed by atoms with van der Waals surface area (Å²) in [5, 5.41) is 8.61. The van der Waals surface area contributed by atoms with Crippen molar-refractivity contribution >= 4 is 12.0 Å². The molecule has 0 saturated carbocycles. The average molecular weight is 280 g/mol. The van der Waals surface area contributed by atoms with Gasteiger partial charge in [-0.2, -0.15) is 0 Å². The first-order valence-electron chi connectivity index (χ1n) is 7.15. The van der Waals surface area contributed by atoms with Crippen molar-refractivity contribution < 1.29 is 9.90 Å². The highest BCUT2D eigenvalue weighted by atomic mass is 16.4. The second-order valence-corrected chi connectivity index (χ2v) is 5.59. The highest BCUT2D eigenvalue weighted by Crippen LogP contribution is 2.21. The zero-order valence-electron chi connectivity index (χ0n) is 12.4. The van der Waals surface area contributed by atoms with Crippen LogP contribution in [-0.4, -0.2) is 11.1 Å². The van der Waals surface area contributed by atoms with E-state index in [1.807, 2.05) is 24.3 Å². The Bertz CT molecular complexity index is 620. The van der Waals surface area contributed by atoms with Gasteiger partial charge in [-0.3, -0.25) is 0 Å². The van der Waals surface area contributed by atoms with E-state index in [0.29, 0.717) is 5.92 Å². The van der Waals surface area contributed by atoms with Gasteiger partial charge >= 0.3 is 5.97 Å². The maximum Gasteiger partial charge on any atom is 0.328 e. The van der Waals surface area contributed by atoms with E-state index in [4.69, 9.17) is 5.11 Å². The first-order chi connectivity index (χ1) is 10.0. The summed E-state index contributed by atoms with van der Waals surface area (Å²) in [7, 11) is 0. The van der Waals surface area contributed by atoms with E-state index in [0.717, 1.165) is 23.6 Å². The van der Waals surface area contributed by atoms with Crippen molar-refractivity contribution in [3.63, 3.8) is 0 Å². The molecule has 0 spiro atoms. The van der Waals surface area contributed by atoms with Crippen molar-refractivity contribution in [2.45, 2.75) is 20.3 Å². The topological polar surface area (TPSA) is 37.3 Å². The first-order valence-corrected chi connectivity index (χ1v) is 7.15. The molecule has 0 aliphatic rings. The predicted molar refractivity (Wildman–Crippen MR) is 87.1 cm³/mol. The third kappa shape index (κ3) is 4.60. The molecule has 0 heterocycles. The molecule has 2 aromatic rings. The summed E-state index contributed by atoms with van der Waals surface area (Å²) in [6, 6.07) is 16.5. The second kappa shape index (κ2) is 6.89. The third-order valence-electron chi connectivity index (χ3n) is 3.26. The van der Waals surface area contributed by atoms with Gasteiger partial charge in [0.15, 0.2) is 0 Å². The van der Waals surface area contributed by atoms with Crippen LogP contribution in [0, 0.1) is 5.92 Å². The van der Waals surface area contributed by atoms with Crippen LogP contribution in [0.3, 0.4) is 0 Å². The van der Waals surface area contributed by atoms with E-state index in [1.54, 1.807) is 6.08 Å². The quantitative estimate of drug-likeness (QED) is 0.809. The summed E-state index contributed by atoms with van der Waals surface area (Å²) in [5.41, 5.74) is 4.56. The molecule has 2 heteroatoms. The van der Waals surface area contributed by atoms with Gasteiger partial charge in [0, 0.05) is 6.08 Å². The van der Waals surface area contributed by atoms with Crippen molar-refractivity contribution in [1.29, 1.82) is 0 Å². The Kier molecular flexibility index (Phi) is 4.94. The number of carbonyl (C=O) groups is 1. The zero-order valence-corrected chi connectivity index (χ0v) is 12.4. The molecule has 0 aromatic heterocycles. The molecule has 108 valence electrons. The van der Waals surface area contributed by atoms with E-state index in [1.165, 1.54) is 11.1 Å². The fourth-order valence-electron chi connectivity index (χ4n) is 2.26. The minimum atomic E-state index is -0.931. The molecule has 0 aliphatic carbocycles. The number of carboxylic acid groups (broad SMARTS) is 1. The van der Waals surface area contributed by atoms with Gasteiger partial charge < -0.3 is 5.11 Å². The lowest BCUT2D eigenvalue weighted by Crippen LogP contribution is -1.93. The molecule has 0 radical (unpaired) electrons. The summed E-state index contributed by atoms with van der Waals surface area (Å²) >= 11 is 0. The van der Waals surface area contributed by atoms with Crippen molar-refractivity contribution in [2.75, 3.05) is 0 Å². The number of carboxylic acids is 1. The summed E-state index contributed by atoms with van der Waals surface area (Å²) in [4.78, 5) is 10.5. The van der Waals surface area contributed by atoms with Gasteiger partial charge in [-0.15, -0.1) is 0 Å². The SMILES string of the molecule is CC(C)Cc1ccc(-c2ccc(/C=C/C(=O)O)cc2)cc1. The predicted octanol–water partition coefficient (Wildman–Crippen LogP) is 4.65. The van der Waals surface area contributed by atoms with Gasteiger partial charge in [0.25, 0.3) is 0 Å². The molecule has 0 unspecified atom stereocenters. The normalized spacial score (nSPS) is 11.2. The van der Waals surface area contributed by atoms with E-state index in [2.05, 4.69) is 38.1 Å². The van der Waals surface area contributed by atoms with Gasteiger partial charge in [-0.25, -0.2) is 4.79 Å². The fourth-order valence-corrected chi connectivity index (χ4v) is 2.26. The van der Waals surface area contributed by atoms with E-state index < -0.39 is 5.97 Å². The molecule has 0 aliphatic heterocycles. The van der Waals surface area contributed by atoms with Crippen LogP contribution < -0.4 is 0 Å². The van der Waals surface area contributed by atoms with E-state index in [-0.39, 0.29) is 0 Å². The molecule has 0 bridgehead atoms. The van der Waals surface area contributed by atoms with Gasteiger partial charge in [-0.05, 0) is 40.7 Å². The number of rotatable bonds is 5. The van der Waals surface area contributed by atoms with Crippen molar-refractivity contribution in [3.05, 3.63) is 65.7 Å². The van der Waals surface area contributed by atoms with Crippen molar-refractivity contribution in [1.82, 2.24) is 0 Å². The van der Waals surface area contributed by atoms with Crippen LogP contribution >= 0.6 is 0 Å². The molecule has 0 saturated heterocycles. The Morgan fingerprint density at radius 3 is 2.00 bits per heavy atom. The maximum absolute atomic E-state index is 10.5. The van der Waals surface area contributed by atoms with Crippen LogP contribution in [0.25, 0.3) is 17.2 Å². The van der Waals surface area contributed by atoms with Crippen molar-refractivity contribution in [2.24, 2.45) is 5.92 Å². The average Bonchev–Trinajstić information content (AvgIpc) is 2.46. The second-order valence-electron chi connectivity index (χ2n) is 5.59. The summed E-state index contributed by atoms with van der Waals surface area (Å²) in [6.45, 7) is 4.44. The van der Waals surface area contributed by atoms with Crippen LogP contribution in [0.5, 0.6) is 0 Å². The first kappa shape index (κ1) is 15.0. The fraction of sp³-hybridized carbons (Fsp3) is 0.211. The largest absolute Gasteiger partial charge is 0.478 e. The van der Waals surface area contributed by atoms with Gasteiger partial charge in [0.05, 0.1) is 0 Å². The highest BCUT2D eigenvalue weighted by molar-refractivity contribution is 5.85. The summed E-state index contributed by atoms with van der Waals surface area (Å²) in [5.74, 6) is -0.268. The Hall–Kier alpha value is -2.35. The Labute approximate surface area is 125 Å².